The van der Waals surface area contributed by atoms with Gasteiger partial charge in [-0.1, -0.05) is 13.5 Å². The van der Waals surface area contributed by atoms with Crippen molar-refractivity contribution in [3.63, 3.8) is 0 Å². The molecule has 48 heavy (non-hydrogen) atoms. The van der Waals surface area contributed by atoms with Crippen LogP contribution in [0.15, 0.2) is 84.9 Å². The molecule has 1 aliphatic rings. The highest BCUT2D eigenvalue weighted by Gasteiger charge is 2.33. The average molecular weight is 663 g/mol. The molecule has 11 heteroatoms. The molecular weight excluding hydrogens is 620 g/mol. The van der Waals surface area contributed by atoms with Crippen LogP contribution in [0.1, 0.15) is 47.4 Å². The average Bonchev–Trinajstić information content (AvgIpc) is 3.07. The van der Waals surface area contributed by atoms with Gasteiger partial charge in [0, 0.05) is 17.6 Å². The molecular formula is C37H42O11. The second kappa shape index (κ2) is 18.6. The molecule has 3 aromatic carbocycles. The van der Waals surface area contributed by atoms with Crippen LogP contribution >= 0.6 is 0 Å². The van der Waals surface area contributed by atoms with Gasteiger partial charge in [-0.05, 0) is 92.6 Å². The van der Waals surface area contributed by atoms with Gasteiger partial charge in [0.15, 0.2) is 0 Å². The number of ether oxygens (including phenoxy) is 8. The van der Waals surface area contributed by atoms with Gasteiger partial charge in [-0.3, -0.25) is 0 Å². The Labute approximate surface area is 280 Å². The minimum Gasteiger partial charge on any atom is -0.494 e. The normalized spacial score (nSPS) is 13.1. The molecule has 1 heterocycles. The summed E-state index contributed by atoms with van der Waals surface area (Å²) in [5.41, 5.74) is 1.16. The first kappa shape index (κ1) is 36.1. The van der Waals surface area contributed by atoms with Gasteiger partial charge in [0.05, 0.1) is 50.8 Å². The first-order chi connectivity index (χ1) is 23.2. The molecule has 0 unspecified atom stereocenters. The van der Waals surface area contributed by atoms with E-state index in [1.54, 1.807) is 55.5 Å². The molecule has 0 aliphatic carbocycles. The van der Waals surface area contributed by atoms with Gasteiger partial charge in [-0.2, -0.15) is 0 Å². The van der Waals surface area contributed by atoms with Crippen LogP contribution in [-0.2, 0) is 23.7 Å². The zero-order valence-corrected chi connectivity index (χ0v) is 27.4. The first-order valence-electron chi connectivity index (χ1n) is 15.8. The Kier molecular flexibility index (Phi) is 14.0. The van der Waals surface area contributed by atoms with Crippen molar-refractivity contribution in [2.24, 2.45) is 5.41 Å². The zero-order chi connectivity index (χ0) is 34.2. The summed E-state index contributed by atoms with van der Waals surface area (Å²) < 4.78 is 43.5. The lowest BCUT2D eigenvalue weighted by Gasteiger charge is -2.37. The summed E-state index contributed by atoms with van der Waals surface area (Å²) in [5, 5.41) is 0. The molecule has 11 nitrogen and oxygen atoms in total. The van der Waals surface area contributed by atoms with Crippen LogP contribution in [0.2, 0.25) is 0 Å². The molecule has 3 aromatic rings. The highest BCUT2D eigenvalue weighted by Crippen LogP contribution is 2.26. The fourth-order valence-electron chi connectivity index (χ4n) is 4.27. The maximum absolute atomic E-state index is 12.6. The van der Waals surface area contributed by atoms with Gasteiger partial charge in [0.2, 0.25) is 0 Å². The summed E-state index contributed by atoms with van der Waals surface area (Å²) in [6.45, 7) is 11.7. The lowest BCUT2D eigenvalue weighted by molar-refractivity contribution is -0.140. The minimum atomic E-state index is -0.566. The number of esters is 3. The molecule has 256 valence electrons. The Balaban J connectivity index is 1.10. The van der Waals surface area contributed by atoms with E-state index in [9.17, 15) is 14.4 Å². The van der Waals surface area contributed by atoms with Gasteiger partial charge in [0.25, 0.3) is 0 Å². The number of rotatable bonds is 20. The molecule has 1 saturated heterocycles. The van der Waals surface area contributed by atoms with Gasteiger partial charge in [-0.25, -0.2) is 14.4 Å². The van der Waals surface area contributed by atoms with E-state index in [0.29, 0.717) is 48.2 Å². The standard InChI is InChI=1S/C37H42O11/c1-27(2)34(38)46-23-21-41-20-22-45-31-14-16-33(17-15-31)48-36(40)29-8-12-32(13-9-29)47-35(39)28-6-10-30(11-7-28)44-19-5-4-18-42-24-37(3)25-43-26-37/h6-17H,1,4-5,18-26H2,2-3H3. The lowest BCUT2D eigenvalue weighted by Crippen LogP contribution is -2.43. The molecule has 1 fully saturated rings. The van der Waals surface area contributed by atoms with Gasteiger partial charge in [0.1, 0.15) is 36.2 Å². The predicted molar refractivity (Wildman–Crippen MR) is 176 cm³/mol. The van der Waals surface area contributed by atoms with E-state index in [1.807, 2.05) is 0 Å². The van der Waals surface area contributed by atoms with E-state index in [2.05, 4.69) is 13.5 Å². The van der Waals surface area contributed by atoms with E-state index in [-0.39, 0.29) is 36.5 Å². The number of carbonyl (C=O) groups is 3. The maximum atomic E-state index is 12.6. The van der Waals surface area contributed by atoms with Crippen LogP contribution in [-0.4, -0.2) is 77.4 Å². The molecule has 0 radical (unpaired) electrons. The Hall–Kier alpha value is -4.71. The van der Waals surface area contributed by atoms with Crippen molar-refractivity contribution in [2.75, 3.05) is 59.5 Å². The van der Waals surface area contributed by atoms with E-state index >= 15 is 0 Å². The first-order valence-corrected chi connectivity index (χ1v) is 15.8. The van der Waals surface area contributed by atoms with E-state index in [1.165, 1.54) is 24.3 Å². The third kappa shape index (κ3) is 12.1. The van der Waals surface area contributed by atoms with Gasteiger partial charge < -0.3 is 37.9 Å². The zero-order valence-electron chi connectivity index (χ0n) is 27.4. The Morgan fingerprint density at radius 2 is 1.12 bits per heavy atom. The summed E-state index contributed by atoms with van der Waals surface area (Å²) in [7, 11) is 0. The SMILES string of the molecule is C=C(C)C(=O)OCCOCCOc1ccc(OC(=O)c2ccc(OC(=O)c3ccc(OCCCCOCC4(C)COC4)cc3)cc2)cc1. The van der Waals surface area contributed by atoms with Crippen molar-refractivity contribution in [3.8, 4) is 23.0 Å². The molecule has 0 atom stereocenters. The number of hydrogen-bond acceptors (Lipinski definition) is 11. The smallest absolute Gasteiger partial charge is 0.343 e. The molecule has 0 spiro atoms. The van der Waals surface area contributed by atoms with E-state index in [4.69, 9.17) is 37.9 Å². The number of benzene rings is 3. The van der Waals surface area contributed by atoms with Crippen LogP contribution in [0.4, 0.5) is 0 Å². The summed E-state index contributed by atoms with van der Waals surface area (Å²) in [6, 6.07) is 19.4. The summed E-state index contributed by atoms with van der Waals surface area (Å²) >= 11 is 0. The summed E-state index contributed by atoms with van der Waals surface area (Å²) in [4.78, 5) is 36.5. The van der Waals surface area contributed by atoms with Crippen LogP contribution in [0.25, 0.3) is 0 Å². The quantitative estimate of drug-likeness (QED) is 0.0626. The van der Waals surface area contributed by atoms with Crippen molar-refractivity contribution >= 4 is 17.9 Å². The molecule has 1 aliphatic heterocycles. The number of hydrogen-bond donors (Lipinski definition) is 0. The molecule has 0 bridgehead atoms. The fraction of sp³-hybridized carbons (Fsp3) is 0.378. The fourth-order valence-corrected chi connectivity index (χ4v) is 4.27. The van der Waals surface area contributed by atoms with Crippen molar-refractivity contribution in [1.82, 2.24) is 0 Å². The van der Waals surface area contributed by atoms with Crippen molar-refractivity contribution in [2.45, 2.75) is 26.7 Å². The lowest BCUT2D eigenvalue weighted by atomic mass is 9.90. The van der Waals surface area contributed by atoms with Crippen molar-refractivity contribution in [1.29, 1.82) is 0 Å². The number of carbonyl (C=O) groups excluding carboxylic acids is 3. The highest BCUT2D eigenvalue weighted by atomic mass is 16.6. The largest absolute Gasteiger partial charge is 0.494 e. The third-order valence-electron chi connectivity index (χ3n) is 7.03. The maximum Gasteiger partial charge on any atom is 0.343 e. The van der Waals surface area contributed by atoms with Crippen LogP contribution in [0, 0.1) is 5.41 Å². The van der Waals surface area contributed by atoms with Crippen molar-refractivity contribution < 1.29 is 52.3 Å². The Morgan fingerprint density at radius 1 is 0.646 bits per heavy atom. The topological polar surface area (TPSA) is 125 Å². The molecule has 4 rings (SSSR count). The third-order valence-corrected chi connectivity index (χ3v) is 7.03. The second-order valence-corrected chi connectivity index (χ2v) is 11.6. The van der Waals surface area contributed by atoms with Crippen molar-refractivity contribution in [3.05, 3.63) is 96.1 Å². The predicted octanol–water partition coefficient (Wildman–Crippen LogP) is 5.85. The van der Waals surface area contributed by atoms with Crippen LogP contribution in [0.3, 0.4) is 0 Å². The minimum absolute atomic E-state index is 0.138. The van der Waals surface area contributed by atoms with Gasteiger partial charge in [-0.15, -0.1) is 0 Å². The Bertz CT molecular complexity index is 1480. The van der Waals surface area contributed by atoms with Crippen LogP contribution in [0.5, 0.6) is 23.0 Å². The number of unbranched alkanes of at least 4 members (excludes halogenated alkanes) is 1. The van der Waals surface area contributed by atoms with Crippen LogP contribution < -0.4 is 18.9 Å². The molecule has 0 aromatic heterocycles. The monoisotopic (exact) mass is 662 g/mol. The molecule has 0 amide bonds. The second-order valence-electron chi connectivity index (χ2n) is 11.6. The van der Waals surface area contributed by atoms with E-state index < -0.39 is 17.9 Å². The van der Waals surface area contributed by atoms with Gasteiger partial charge >= 0.3 is 17.9 Å². The molecule has 0 N–H and O–H groups in total. The highest BCUT2D eigenvalue weighted by molar-refractivity contribution is 5.92. The summed E-state index contributed by atoms with van der Waals surface area (Å²) in [6.07, 6.45) is 1.76. The summed E-state index contributed by atoms with van der Waals surface area (Å²) in [5.74, 6) is 0.315. The Morgan fingerprint density at radius 3 is 1.67 bits per heavy atom. The van der Waals surface area contributed by atoms with E-state index in [0.717, 1.165) is 32.7 Å². The molecule has 0 saturated carbocycles.